The molecule has 0 amide bonds. The zero-order chi connectivity index (χ0) is 10.1. The molecule has 5 heteroatoms. The first-order chi connectivity index (χ1) is 5.45. The van der Waals surface area contributed by atoms with Gasteiger partial charge in [-0.05, 0) is 0 Å². The second-order valence-electron chi connectivity index (χ2n) is 2.11. The van der Waals surface area contributed by atoms with Crippen molar-refractivity contribution < 1.29 is 24.8 Å². The van der Waals surface area contributed by atoms with Crippen LogP contribution in [-0.4, -0.2) is 22.3 Å². The van der Waals surface area contributed by atoms with E-state index in [2.05, 4.69) is 11.5 Å². The van der Waals surface area contributed by atoms with Crippen molar-refractivity contribution in [2.45, 2.75) is 13.8 Å². The Bertz CT molecular complexity index is 161. The van der Waals surface area contributed by atoms with Crippen LogP contribution in [-0.2, 0) is 14.5 Å². The van der Waals surface area contributed by atoms with Gasteiger partial charge in [0.05, 0.1) is 5.92 Å². The number of carboxylic acids is 1. The normalized spacial score (nSPS) is 8.00. The van der Waals surface area contributed by atoms with Crippen LogP contribution >= 0.6 is 0 Å². The summed E-state index contributed by atoms with van der Waals surface area (Å²) in [6.07, 6.45) is 0.833. The van der Waals surface area contributed by atoms with E-state index in [-0.39, 0.29) is 5.92 Å². The Hall–Kier alpha value is -1.36. The fourth-order valence-electron chi connectivity index (χ4n) is 0.105. The number of hydrogen-bond acceptors (Lipinski definition) is 4. The molecule has 0 saturated heterocycles. The van der Waals surface area contributed by atoms with Gasteiger partial charge < -0.3 is 9.99 Å². The second-order valence-corrected chi connectivity index (χ2v) is 2.11. The van der Waals surface area contributed by atoms with Gasteiger partial charge in [-0.25, -0.2) is 9.59 Å². The number of carbonyl (C=O) groups excluding carboxylic acids is 1. The highest BCUT2D eigenvalue weighted by Gasteiger charge is 2.05. The van der Waals surface area contributed by atoms with Crippen molar-refractivity contribution in [3.05, 3.63) is 12.7 Å². The number of carbonyl (C=O) groups is 2. The van der Waals surface area contributed by atoms with Gasteiger partial charge in [-0.2, -0.15) is 5.26 Å². The van der Waals surface area contributed by atoms with Crippen LogP contribution in [0.4, 0.5) is 0 Å². The SMILES string of the molecule is C=CC(=O)O.CC(C)C(=O)OO. The van der Waals surface area contributed by atoms with E-state index in [0.29, 0.717) is 0 Å². The van der Waals surface area contributed by atoms with Crippen molar-refractivity contribution in [3.63, 3.8) is 0 Å². The minimum Gasteiger partial charge on any atom is -0.478 e. The van der Waals surface area contributed by atoms with Crippen molar-refractivity contribution in [2.24, 2.45) is 5.92 Å². The predicted octanol–water partition coefficient (Wildman–Crippen LogP) is 0.916. The van der Waals surface area contributed by atoms with Crippen molar-refractivity contribution in [2.75, 3.05) is 0 Å². The molecule has 0 unspecified atom stereocenters. The van der Waals surface area contributed by atoms with Gasteiger partial charge >= 0.3 is 11.9 Å². The predicted molar refractivity (Wildman–Crippen MR) is 41.4 cm³/mol. The Labute approximate surface area is 70.2 Å². The molecule has 0 spiro atoms. The molecule has 0 aliphatic carbocycles. The molecular weight excluding hydrogens is 164 g/mol. The maximum Gasteiger partial charge on any atom is 0.344 e. The van der Waals surface area contributed by atoms with Crippen molar-refractivity contribution in [1.29, 1.82) is 0 Å². The summed E-state index contributed by atoms with van der Waals surface area (Å²) >= 11 is 0. The van der Waals surface area contributed by atoms with Gasteiger partial charge in [0, 0.05) is 6.08 Å². The lowest BCUT2D eigenvalue weighted by Gasteiger charge is -1.94. The highest BCUT2D eigenvalue weighted by Crippen LogP contribution is 1.91. The van der Waals surface area contributed by atoms with Crippen LogP contribution in [0.25, 0.3) is 0 Å². The van der Waals surface area contributed by atoms with E-state index in [1.165, 1.54) is 0 Å². The third-order valence-electron chi connectivity index (χ3n) is 0.736. The monoisotopic (exact) mass is 176 g/mol. The summed E-state index contributed by atoms with van der Waals surface area (Å²) < 4.78 is 0. The topological polar surface area (TPSA) is 83.8 Å². The van der Waals surface area contributed by atoms with Crippen LogP contribution in [0.3, 0.4) is 0 Å². The number of aliphatic carboxylic acids is 1. The third kappa shape index (κ3) is 11.4. The van der Waals surface area contributed by atoms with Gasteiger partial charge in [-0.1, -0.05) is 20.4 Å². The fourth-order valence-corrected chi connectivity index (χ4v) is 0.105. The summed E-state index contributed by atoms with van der Waals surface area (Å²) in [4.78, 5) is 22.7. The molecule has 0 heterocycles. The second kappa shape index (κ2) is 7.74. The Morgan fingerprint density at radius 2 is 1.83 bits per heavy atom. The minimum atomic E-state index is -0.981. The van der Waals surface area contributed by atoms with Gasteiger partial charge in [-0.15, -0.1) is 0 Å². The van der Waals surface area contributed by atoms with Gasteiger partial charge in [0.2, 0.25) is 0 Å². The van der Waals surface area contributed by atoms with Crippen LogP contribution in [0.1, 0.15) is 13.8 Å². The summed E-state index contributed by atoms with van der Waals surface area (Å²) in [5.74, 6) is -1.82. The molecule has 0 atom stereocenters. The summed E-state index contributed by atoms with van der Waals surface area (Å²) in [7, 11) is 0. The highest BCUT2D eigenvalue weighted by molar-refractivity contribution is 5.78. The molecule has 0 radical (unpaired) electrons. The molecule has 0 aromatic heterocycles. The van der Waals surface area contributed by atoms with Crippen LogP contribution in [0, 0.1) is 5.92 Å². The number of rotatable bonds is 2. The molecule has 0 rings (SSSR count). The average Bonchev–Trinajstić information content (AvgIpc) is 2.04. The summed E-state index contributed by atoms with van der Waals surface area (Å²) in [6, 6.07) is 0. The first-order valence-electron chi connectivity index (χ1n) is 3.16. The lowest BCUT2D eigenvalue weighted by atomic mass is 10.2. The fraction of sp³-hybridized carbons (Fsp3) is 0.429. The van der Waals surface area contributed by atoms with E-state index in [0.717, 1.165) is 6.08 Å². The lowest BCUT2D eigenvalue weighted by molar-refractivity contribution is -0.237. The summed E-state index contributed by atoms with van der Waals surface area (Å²) in [5.41, 5.74) is 0. The highest BCUT2D eigenvalue weighted by atomic mass is 17.1. The molecule has 2 N–H and O–H groups in total. The molecule has 0 aliphatic rings. The largest absolute Gasteiger partial charge is 0.478 e. The minimum absolute atomic E-state index is 0.245. The Kier molecular flexibility index (Phi) is 8.55. The quantitative estimate of drug-likeness (QED) is 0.371. The van der Waals surface area contributed by atoms with E-state index < -0.39 is 11.9 Å². The Morgan fingerprint density at radius 1 is 1.50 bits per heavy atom. The lowest BCUT2D eigenvalue weighted by Crippen LogP contribution is -2.08. The summed E-state index contributed by atoms with van der Waals surface area (Å²) in [5, 5.41) is 15.3. The van der Waals surface area contributed by atoms with E-state index in [1.807, 2.05) is 0 Å². The third-order valence-corrected chi connectivity index (χ3v) is 0.736. The first-order valence-corrected chi connectivity index (χ1v) is 3.16. The maximum atomic E-state index is 10.0. The van der Waals surface area contributed by atoms with Crippen molar-refractivity contribution in [1.82, 2.24) is 0 Å². The number of hydrogen-bond donors (Lipinski definition) is 2. The van der Waals surface area contributed by atoms with E-state index >= 15 is 0 Å². The van der Waals surface area contributed by atoms with E-state index in [4.69, 9.17) is 10.4 Å². The molecule has 70 valence electrons. The van der Waals surface area contributed by atoms with Crippen LogP contribution in [0.5, 0.6) is 0 Å². The van der Waals surface area contributed by atoms with Gasteiger partial charge in [0.1, 0.15) is 0 Å². The molecule has 0 aliphatic heterocycles. The van der Waals surface area contributed by atoms with Gasteiger partial charge in [-0.3, -0.25) is 0 Å². The van der Waals surface area contributed by atoms with Crippen LogP contribution in [0.15, 0.2) is 12.7 Å². The molecule has 12 heavy (non-hydrogen) atoms. The standard InChI is InChI=1S/C4H8O3.C3H4O2/c1-3(2)4(5)7-6;1-2-3(4)5/h3,6H,1-2H3;2H,1H2,(H,4,5). The van der Waals surface area contributed by atoms with E-state index in [9.17, 15) is 9.59 Å². The zero-order valence-electron chi connectivity index (χ0n) is 6.98. The molecule has 5 nitrogen and oxygen atoms in total. The summed E-state index contributed by atoms with van der Waals surface area (Å²) in [6.45, 7) is 6.24. The smallest absolute Gasteiger partial charge is 0.344 e. The van der Waals surface area contributed by atoms with Gasteiger partial charge in [0.25, 0.3) is 0 Å². The molecular formula is C7H12O5. The van der Waals surface area contributed by atoms with Crippen molar-refractivity contribution >= 4 is 11.9 Å². The van der Waals surface area contributed by atoms with Gasteiger partial charge in [0.15, 0.2) is 0 Å². The molecule has 0 saturated carbocycles. The molecule has 0 aromatic carbocycles. The van der Waals surface area contributed by atoms with Crippen LogP contribution < -0.4 is 0 Å². The number of carboxylic acid groups (broad SMARTS) is 1. The Morgan fingerprint density at radius 3 is 1.83 bits per heavy atom. The average molecular weight is 176 g/mol. The maximum absolute atomic E-state index is 10.0. The molecule has 0 bridgehead atoms. The Balaban J connectivity index is 0. The zero-order valence-corrected chi connectivity index (χ0v) is 6.98. The van der Waals surface area contributed by atoms with Crippen molar-refractivity contribution in [3.8, 4) is 0 Å². The molecule has 0 fully saturated rings. The van der Waals surface area contributed by atoms with E-state index in [1.54, 1.807) is 13.8 Å². The molecule has 0 aromatic rings. The van der Waals surface area contributed by atoms with Crippen LogP contribution in [0.2, 0.25) is 0 Å². The first kappa shape index (κ1) is 13.2.